The Morgan fingerprint density at radius 3 is 2.59 bits per heavy atom. The Bertz CT molecular complexity index is 555. The molecule has 0 unspecified atom stereocenters. The molecule has 5 heteroatoms. The van der Waals surface area contributed by atoms with Gasteiger partial charge in [0.1, 0.15) is 0 Å². The Morgan fingerprint density at radius 1 is 1.18 bits per heavy atom. The average molecular weight is 302 g/mol. The number of hydrogen-bond acceptors (Lipinski definition) is 3. The van der Waals surface area contributed by atoms with Crippen LogP contribution in [0.1, 0.15) is 18.4 Å². The van der Waals surface area contributed by atoms with Crippen LogP contribution in [0, 0.1) is 10.1 Å². The Hall–Kier alpha value is -1.72. The highest BCUT2D eigenvalue weighted by Crippen LogP contribution is 2.22. The van der Waals surface area contributed by atoms with Crippen molar-refractivity contribution in [3.05, 3.63) is 46.0 Å². The minimum absolute atomic E-state index is 0.153. The molecule has 2 aliphatic rings. The van der Waals surface area contributed by atoms with Gasteiger partial charge < -0.3 is 4.48 Å². The highest BCUT2D eigenvalue weighted by molar-refractivity contribution is 5.53. The predicted molar refractivity (Wildman–Crippen MR) is 87.5 cm³/mol. The molecule has 0 N–H and O–H groups in total. The van der Waals surface area contributed by atoms with E-state index in [4.69, 9.17) is 0 Å². The number of non-ortho nitro benzene ring substituents is 1. The topological polar surface area (TPSA) is 46.4 Å². The molecule has 0 aliphatic carbocycles. The molecule has 1 spiro atoms. The molecular formula is C17H24N3O2+. The summed E-state index contributed by atoms with van der Waals surface area (Å²) in [5.74, 6) is 0. The highest BCUT2D eigenvalue weighted by atomic mass is 16.6. The SMILES string of the molecule is O=[N+]([O-])c1cccc(/C=C/CN2CC[N+]3(CCCC3)CC2)c1. The Balaban J connectivity index is 1.50. The summed E-state index contributed by atoms with van der Waals surface area (Å²) in [5.41, 5.74) is 1.05. The van der Waals surface area contributed by atoms with Crippen molar-refractivity contribution >= 4 is 11.8 Å². The fourth-order valence-corrected chi connectivity index (χ4v) is 3.65. The normalized spacial score (nSPS) is 21.6. The fraction of sp³-hybridized carbons (Fsp3) is 0.529. The average Bonchev–Trinajstić information content (AvgIpc) is 2.98. The van der Waals surface area contributed by atoms with Crippen LogP contribution in [-0.2, 0) is 0 Å². The molecule has 118 valence electrons. The second kappa shape index (κ2) is 6.58. The van der Waals surface area contributed by atoms with Crippen LogP contribution in [0.15, 0.2) is 30.3 Å². The third-order valence-corrected chi connectivity index (χ3v) is 5.05. The minimum atomic E-state index is -0.346. The number of quaternary nitrogens is 1. The van der Waals surface area contributed by atoms with Crippen LogP contribution < -0.4 is 0 Å². The Kier molecular flexibility index (Phi) is 4.55. The maximum Gasteiger partial charge on any atom is 0.270 e. The van der Waals surface area contributed by atoms with Crippen LogP contribution in [0.4, 0.5) is 5.69 Å². The second-order valence-corrected chi connectivity index (χ2v) is 6.50. The Labute approximate surface area is 131 Å². The molecule has 0 atom stereocenters. The number of hydrogen-bond donors (Lipinski definition) is 0. The van der Waals surface area contributed by atoms with Gasteiger partial charge in [0.25, 0.3) is 5.69 Å². The summed E-state index contributed by atoms with van der Waals surface area (Å²) in [6.07, 6.45) is 6.90. The molecule has 3 rings (SSSR count). The molecule has 2 saturated heterocycles. The van der Waals surface area contributed by atoms with E-state index in [-0.39, 0.29) is 10.6 Å². The summed E-state index contributed by atoms with van der Waals surface area (Å²) in [4.78, 5) is 12.9. The summed E-state index contributed by atoms with van der Waals surface area (Å²) in [7, 11) is 0. The van der Waals surface area contributed by atoms with Crippen LogP contribution in [0.5, 0.6) is 0 Å². The highest BCUT2D eigenvalue weighted by Gasteiger charge is 2.35. The van der Waals surface area contributed by atoms with Crippen molar-refractivity contribution in [2.75, 3.05) is 45.8 Å². The summed E-state index contributed by atoms with van der Waals surface area (Å²) >= 11 is 0. The van der Waals surface area contributed by atoms with Crippen molar-refractivity contribution < 1.29 is 9.41 Å². The number of nitrogens with zero attached hydrogens (tertiary/aromatic N) is 3. The van der Waals surface area contributed by atoms with Crippen molar-refractivity contribution in [2.45, 2.75) is 12.8 Å². The Morgan fingerprint density at radius 2 is 1.91 bits per heavy atom. The quantitative estimate of drug-likeness (QED) is 0.488. The summed E-state index contributed by atoms with van der Waals surface area (Å²) in [6, 6.07) is 6.79. The van der Waals surface area contributed by atoms with Gasteiger partial charge in [-0.1, -0.05) is 24.3 Å². The lowest BCUT2D eigenvalue weighted by atomic mass is 10.2. The van der Waals surface area contributed by atoms with Crippen molar-refractivity contribution in [2.24, 2.45) is 0 Å². The molecule has 0 saturated carbocycles. The first kappa shape index (κ1) is 15.2. The van der Waals surface area contributed by atoms with Gasteiger partial charge in [-0.25, -0.2) is 0 Å². The molecule has 0 amide bonds. The first-order chi connectivity index (χ1) is 10.7. The number of nitro groups is 1. The zero-order valence-corrected chi connectivity index (χ0v) is 13.0. The molecule has 5 nitrogen and oxygen atoms in total. The summed E-state index contributed by atoms with van der Waals surface area (Å²) in [5, 5.41) is 10.8. The van der Waals surface area contributed by atoms with Gasteiger partial charge in [-0.05, 0) is 5.56 Å². The molecular weight excluding hydrogens is 278 g/mol. The number of benzene rings is 1. The van der Waals surface area contributed by atoms with Crippen molar-refractivity contribution in [3.8, 4) is 0 Å². The maximum absolute atomic E-state index is 10.8. The molecule has 0 radical (unpaired) electrons. The zero-order chi connectivity index (χ0) is 15.4. The lowest BCUT2D eigenvalue weighted by molar-refractivity contribution is -0.920. The van der Waals surface area contributed by atoms with Crippen LogP contribution in [0.2, 0.25) is 0 Å². The minimum Gasteiger partial charge on any atom is -0.321 e. The zero-order valence-electron chi connectivity index (χ0n) is 13.0. The van der Waals surface area contributed by atoms with Gasteiger partial charge in [0.05, 0.1) is 31.1 Å². The first-order valence-electron chi connectivity index (χ1n) is 8.15. The summed E-state index contributed by atoms with van der Waals surface area (Å²) in [6.45, 7) is 8.57. The van der Waals surface area contributed by atoms with Gasteiger partial charge in [0.2, 0.25) is 0 Å². The standard InChI is InChI=1S/C17H24N3O2/c21-19(22)17-7-3-5-16(15-17)6-4-8-18-9-13-20(14-10-18)11-1-2-12-20/h3-7,15H,1-2,8-14H2/q+1/b6-4+. The van der Waals surface area contributed by atoms with E-state index >= 15 is 0 Å². The van der Waals surface area contributed by atoms with Crippen LogP contribution in [0.3, 0.4) is 0 Å². The number of piperazine rings is 1. The van der Waals surface area contributed by atoms with E-state index in [1.54, 1.807) is 12.1 Å². The van der Waals surface area contributed by atoms with Crippen molar-refractivity contribution in [1.82, 2.24) is 4.90 Å². The molecule has 1 aromatic carbocycles. The van der Waals surface area contributed by atoms with Gasteiger partial charge in [0.15, 0.2) is 0 Å². The number of nitro benzene ring substituents is 1. The van der Waals surface area contributed by atoms with Crippen molar-refractivity contribution in [3.63, 3.8) is 0 Å². The van der Waals surface area contributed by atoms with Crippen molar-refractivity contribution in [1.29, 1.82) is 0 Å². The summed E-state index contributed by atoms with van der Waals surface area (Å²) < 4.78 is 1.34. The van der Waals surface area contributed by atoms with E-state index in [0.717, 1.165) is 12.1 Å². The van der Waals surface area contributed by atoms with Gasteiger partial charge in [0, 0.05) is 44.6 Å². The second-order valence-electron chi connectivity index (χ2n) is 6.50. The largest absolute Gasteiger partial charge is 0.321 e. The van der Waals surface area contributed by atoms with Crippen LogP contribution in [-0.4, -0.2) is 60.1 Å². The molecule has 2 fully saturated rings. The molecule has 0 aromatic heterocycles. The van der Waals surface area contributed by atoms with Gasteiger partial charge in [-0.2, -0.15) is 0 Å². The molecule has 22 heavy (non-hydrogen) atoms. The lowest BCUT2D eigenvalue weighted by Gasteiger charge is -2.41. The lowest BCUT2D eigenvalue weighted by Crippen LogP contribution is -2.57. The van der Waals surface area contributed by atoms with E-state index < -0.39 is 0 Å². The van der Waals surface area contributed by atoms with Gasteiger partial charge >= 0.3 is 0 Å². The molecule has 0 bridgehead atoms. The maximum atomic E-state index is 10.8. The molecule has 2 aliphatic heterocycles. The van der Waals surface area contributed by atoms with Crippen LogP contribution in [0.25, 0.3) is 6.08 Å². The third kappa shape index (κ3) is 3.54. The fourth-order valence-electron chi connectivity index (χ4n) is 3.65. The van der Waals surface area contributed by atoms with Gasteiger partial charge in [-0.3, -0.25) is 15.0 Å². The molecule has 1 aromatic rings. The first-order valence-corrected chi connectivity index (χ1v) is 8.15. The van der Waals surface area contributed by atoms with E-state index in [2.05, 4.69) is 11.0 Å². The van der Waals surface area contributed by atoms with Crippen LogP contribution >= 0.6 is 0 Å². The molecule has 2 heterocycles. The van der Waals surface area contributed by atoms with E-state index in [0.29, 0.717) is 0 Å². The predicted octanol–water partition coefficient (Wildman–Crippen LogP) is 2.53. The smallest absolute Gasteiger partial charge is 0.270 e. The van der Waals surface area contributed by atoms with E-state index in [1.165, 1.54) is 62.7 Å². The number of rotatable bonds is 4. The van der Waals surface area contributed by atoms with E-state index in [9.17, 15) is 10.1 Å². The van der Waals surface area contributed by atoms with Gasteiger partial charge in [-0.15, -0.1) is 0 Å². The monoisotopic (exact) mass is 302 g/mol. The van der Waals surface area contributed by atoms with E-state index in [1.807, 2.05) is 12.1 Å². The third-order valence-electron chi connectivity index (χ3n) is 5.05.